The molecular weight excluding hydrogens is 677 g/mol. The molecule has 2 aliphatic rings. The summed E-state index contributed by atoms with van der Waals surface area (Å²) in [6.07, 6.45) is -8.96. The van der Waals surface area contributed by atoms with E-state index in [4.69, 9.17) is 17.5 Å². The Balaban J connectivity index is 0.00000116. The van der Waals surface area contributed by atoms with Crippen LogP contribution in [0.15, 0.2) is 36.4 Å². The second-order valence-corrected chi connectivity index (χ2v) is 12.7. The number of rotatable bonds is 4. The van der Waals surface area contributed by atoms with Gasteiger partial charge < -0.3 is 14.7 Å². The third kappa shape index (κ3) is 10.3. The largest absolute Gasteiger partial charge is 0.416 e. The van der Waals surface area contributed by atoms with Gasteiger partial charge in [0.2, 0.25) is 5.91 Å². The first-order chi connectivity index (χ1) is 22.0. The summed E-state index contributed by atoms with van der Waals surface area (Å²) in [5.41, 5.74) is -1.87. The summed E-state index contributed by atoms with van der Waals surface area (Å²) in [4.78, 5) is 32.4. The van der Waals surface area contributed by atoms with E-state index in [-0.39, 0.29) is 30.1 Å². The molecule has 2 heterocycles. The molecule has 18 heteroatoms. The fourth-order valence-corrected chi connectivity index (χ4v) is 6.03. The van der Waals surface area contributed by atoms with Crippen LogP contribution in [0.4, 0.5) is 35.5 Å². The van der Waals surface area contributed by atoms with Crippen molar-refractivity contribution < 1.29 is 57.8 Å². The molecule has 0 spiro atoms. The fourth-order valence-electron chi connectivity index (χ4n) is 6.03. The molecule has 10 nitrogen and oxygen atoms in total. The predicted octanol–water partition coefficient (Wildman–Crippen LogP) is 6.00. The summed E-state index contributed by atoms with van der Waals surface area (Å²) < 4.78 is 127. The molecule has 0 radical (unpaired) electrons. The van der Waals surface area contributed by atoms with E-state index in [1.807, 2.05) is 0 Å². The third-order valence-electron chi connectivity index (χ3n) is 8.66. The molecule has 2 N–H and O–H groups in total. The molecule has 3 amide bonds. The Hall–Kier alpha value is -3.48. The molecule has 0 bridgehead atoms. The Labute approximate surface area is 273 Å². The second kappa shape index (κ2) is 15.0. The summed E-state index contributed by atoms with van der Waals surface area (Å²) in [7, 11) is -3.32. The molecule has 268 valence electrons. The molecule has 0 saturated carbocycles. The number of carbonyl (C=O) groups excluding carboxylic acids is 2. The van der Waals surface area contributed by atoms with E-state index in [0.29, 0.717) is 62.3 Å². The van der Waals surface area contributed by atoms with Gasteiger partial charge in [-0.2, -0.15) is 34.8 Å². The number of hydrogen-bond acceptors (Lipinski definition) is 5. The molecule has 3 atom stereocenters. The van der Waals surface area contributed by atoms with Crippen molar-refractivity contribution in [3.8, 4) is 0 Å². The lowest BCUT2D eigenvalue weighted by atomic mass is 9.88. The van der Waals surface area contributed by atoms with Crippen LogP contribution in [0, 0.1) is 12.7 Å². The van der Waals surface area contributed by atoms with Crippen molar-refractivity contribution in [1.82, 2.24) is 19.6 Å². The number of piperidine rings is 1. The summed E-state index contributed by atoms with van der Waals surface area (Å²) in [6.45, 7) is 7.36. The maximum atomic E-state index is 14.0. The van der Waals surface area contributed by atoms with Gasteiger partial charge in [-0.3, -0.25) is 18.8 Å². The van der Waals surface area contributed by atoms with E-state index in [1.165, 1.54) is 33.0 Å². The number of aryl methyl sites for hydroxylation is 1. The number of carbonyl (C=O) groups is 2. The molecular formula is C30H37F7N4O6S. The number of amides is 3. The smallest absolute Gasteiger partial charge is 0.340 e. The van der Waals surface area contributed by atoms with Gasteiger partial charge in [-0.15, -0.1) is 0 Å². The number of halogens is 7. The van der Waals surface area contributed by atoms with Crippen molar-refractivity contribution >= 4 is 22.3 Å². The number of hydrogen-bond donors (Lipinski definition) is 2. The van der Waals surface area contributed by atoms with Crippen LogP contribution < -0.4 is 0 Å². The van der Waals surface area contributed by atoms with Gasteiger partial charge in [0.1, 0.15) is 5.82 Å². The van der Waals surface area contributed by atoms with E-state index >= 15 is 0 Å². The Morgan fingerprint density at radius 2 is 1.44 bits per heavy atom. The molecule has 0 unspecified atom stereocenters. The average Bonchev–Trinajstić information content (AvgIpc) is 2.98. The molecule has 2 aromatic carbocycles. The zero-order chi connectivity index (χ0) is 36.4. The highest BCUT2D eigenvalue weighted by atomic mass is 32.3. The summed E-state index contributed by atoms with van der Waals surface area (Å²) >= 11 is 0. The Morgan fingerprint density at radius 3 is 1.90 bits per heavy atom. The van der Waals surface area contributed by atoms with E-state index in [1.54, 1.807) is 22.8 Å². The lowest BCUT2D eigenvalue weighted by Crippen LogP contribution is -2.56. The first-order valence-corrected chi connectivity index (χ1v) is 16.1. The maximum absolute atomic E-state index is 14.0. The number of alkyl halides is 6. The standard InChI is InChI=1S/C30H35F7N4O2.H2O4S/c1-18-13-24(31)5-6-26(18)27-17-25(40-11-9-39(10-12-40)20(3)42)7-8-41(27)28(43)38(4)19(2)21-14-22(29(32,33)34)16-23(15-21)30(35,36)37;1-5(2,3)4/h5-6,13-16,19,25,27H,7-12,17H2,1-4H3;(H2,1,2,3,4)/t19-,25+,27-;/m1./s1. The lowest BCUT2D eigenvalue weighted by Gasteiger charge is -2.47. The van der Waals surface area contributed by atoms with Crippen molar-refractivity contribution in [3.63, 3.8) is 0 Å². The minimum atomic E-state index is -5.01. The number of piperazine rings is 1. The molecule has 0 aromatic heterocycles. The minimum absolute atomic E-state index is 0.000149. The van der Waals surface area contributed by atoms with Gasteiger partial charge in [-0.05, 0) is 73.7 Å². The first kappa shape index (κ1) is 39.0. The van der Waals surface area contributed by atoms with Crippen LogP contribution in [0.5, 0.6) is 0 Å². The van der Waals surface area contributed by atoms with E-state index in [2.05, 4.69) is 4.90 Å². The molecule has 48 heavy (non-hydrogen) atoms. The van der Waals surface area contributed by atoms with E-state index in [9.17, 15) is 40.3 Å². The minimum Gasteiger partial charge on any atom is -0.340 e. The maximum Gasteiger partial charge on any atom is 0.416 e. The Morgan fingerprint density at radius 1 is 0.917 bits per heavy atom. The van der Waals surface area contributed by atoms with Crippen LogP contribution in [0.3, 0.4) is 0 Å². The van der Waals surface area contributed by atoms with Crippen LogP contribution in [0.2, 0.25) is 0 Å². The van der Waals surface area contributed by atoms with Gasteiger partial charge in [-0.1, -0.05) is 6.07 Å². The number of likely N-dealkylation sites (tertiary alicyclic amines) is 1. The summed E-state index contributed by atoms with van der Waals surface area (Å²) in [6, 6.07) is 3.46. The Kier molecular flexibility index (Phi) is 12.1. The average molecular weight is 715 g/mol. The first-order valence-electron chi connectivity index (χ1n) is 14.8. The van der Waals surface area contributed by atoms with Gasteiger partial charge in [0.25, 0.3) is 0 Å². The van der Waals surface area contributed by atoms with Crippen LogP contribution in [-0.4, -0.2) is 94.9 Å². The summed E-state index contributed by atoms with van der Waals surface area (Å²) in [5.74, 6) is -0.442. The zero-order valence-electron chi connectivity index (χ0n) is 26.5. The highest BCUT2D eigenvalue weighted by Gasteiger charge is 2.40. The zero-order valence-corrected chi connectivity index (χ0v) is 27.3. The lowest BCUT2D eigenvalue weighted by molar-refractivity contribution is -0.143. The van der Waals surface area contributed by atoms with Gasteiger partial charge in [0.15, 0.2) is 0 Å². The van der Waals surface area contributed by atoms with Crippen LogP contribution in [0.1, 0.15) is 66.6 Å². The molecule has 2 saturated heterocycles. The van der Waals surface area contributed by atoms with Crippen molar-refractivity contribution in [3.05, 3.63) is 70.0 Å². The molecule has 2 fully saturated rings. The predicted molar refractivity (Wildman–Crippen MR) is 160 cm³/mol. The van der Waals surface area contributed by atoms with Gasteiger partial charge in [0.05, 0.1) is 23.2 Å². The van der Waals surface area contributed by atoms with E-state index in [0.717, 1.165) is 4.90 Å². The van der Waals surface area contributed by atoms with Crippen LogP contribution >= 0.6 is 0 Å². The van der Waals surface area contributed by atoms with Crippen LogP contribution in [-0.2, 0) is 27.5 Å². The second-order valence-electron chi connectivity index (χ2n) is 11.8. The molecule has 2 aromatic rings. The van der Waals surface area contributed by atoms with Crippen molar-refractivity contribution in [2.75, 3.05) is 39.8 Å². The fraction of sp³-hybridized carbons (Fsp3) is 0.533. The van der Waals surface area contributed by atoms with E-state index < -0.39 is 57.8 Å². The van der Waals surface area contributed by atoms with Crippen molar-refractivity contribution in [1.29, 1.82) is 0 Å². The summed E-state index contributed by atoms with van der Waals surface area (Å²) in [5, 5.41) is 0. The number of nitrogens with zero attached hydrogens (tertiary/aromatic N) is 4. The SMILES string of the molecule is CC(=O)N1CCN([C@H]2CCN(C(=O)N(C)[C@H](C)c3cc(C(F)(F)F)cc(C(F)(F)F)c3)[C@@H](c3ccc(F)cc3C)C2)CC1.O=S(=O)(O)O. The monoisotopic (exact) mass is 714 g/mol. The molecule has 4 rings (SSSR count). The Bertz CT molecular complexity index is 1540. The van der Waals surface area contributed by atoms with Crippen molar-refractivity contribution in [2.45, 2.75) is 64.1 Å². The third-order valence-corrected chi connectivity index (χ3v) is 8.66. The van der Waals surface area contributed by atoms with Gasteiger partial charge >= 0.3 is 28.8 Å². The molecule has 0 aliphatic carbocycles. The van der Waals surface area contributed by atoms with Crippen molar-refractivity contribution in [2.24, 2.45) is 0 Å². The number of urea groups is 1. The highest BCUT2D eigenvalue weighted by molar-refractivity contribution is 7.79. The molecule has 2 aliphatic heterocycles. The number of benzene rings is 2. The quantitative estimate of drug-likeness (QED) is 0.295. The van der Waals surface area contributed by atoms with Crippen LogP contribution in [0.25, 0.3) is 0 Å². The normalized spacial score (nSPS) is 20.1. The topological polar surface area (TPSA) is 122 Å². The highest BCUT2D eigenvalue weighted by Crippen LogP contribution is 2.40. The van der Waals surface area contributed by atoms with Gasteiger partial charge in [0, 0.05) is 52.7 Å². The van der Waals surface area contributed by atoms with Gasteiger partial charge in [-0.25, -0.2) is 9.18 Å².